The van der Waals surface area contributed by atoms with Crippen molar-refractivity contribution in [2.45, 2.75) is 38.8 Å². The van der Waals surface area contributed by atoms with Crippen LogP contribution in [-0.4, -0.2) is 19.1 Å². The highest BCUT2D eigenvalue weighted by Crippen LogP contribution is 2.20. The summed E-state index contributed by atoms with van der Waals surface area (Å²) >= 11 is 5.87. The van der Waals surface area contributed by atoms with E-state index >= 15 is 0 Å². The fourth-order valence-electron chi connectivity index (χ4n) is 1.88. The molecular formula is C14H20ClNO2. The van der Waals surface area contributed by atoms with Crippen LogP contribution in [0.15, 0.2) is 24.3 Å². The van der Waals surface area contributed by atoms with E-state index in [0.717, 1.165) is 12.0 Å². The van der Waals surface area contributed by atoms with Gasteiger partial charge in [-0.3, -0.25) is 10.1 Å². The lowest BCUT2D eigenvalue weighted by molar-refractivity contribution is -0.143. The summed E-state index contributed by atoms with van der Waals surface area (Å²) in [6.45, 7) is 4.04. The molecule has 1 N–H and O–H groups in total. The van der Waals surface area contributed by atoms with Gasteiger partial charge >= 0.3 is 5.97 Å². The van der Waals surface area contributed by atoms with Crippen LogP contribution >= 0.6 is 11.6 Å². The Kier molecular flexibility index (Phi) is 6.16. The van der Waals surface area contributed by atoms with Crippen LogP contribution in [0.4, 0.5) is 0 Å². The second-order valence-corrected chi connectivity index (χ2v) is 4.60. The Morgan fingerprint density at radius 3 is 2.33 bits per heavy atom. The van der Waals surface area contributed by atoms with E-state index in [0.29, 0.717) is 11.4 Å². The predicted octanol–water partition coefficient (Wildman–Crippen LogP) is 3.33. The van der Waals surface area contributed by atoms with Crippen molar-refractivity contribution in [1.82, 2.24) is 5.32 Å². The molecule has 0 spiro atoms. The van der Waals surface area contributed by atoms with Gasteiger partial charge in [0.25, 0.3) is 0 Å². The lowest BCUT2D eigenvalue weighted by atomic mass is 10.0. The van der Waals surface area contributed by atoms with Crippen molar-refractivity contribution in [1.29, 1.82) is 0 Å². The summed E-state index contributed by atoms with van der Waals surface area (Å²) in [6, 6.07) is 7.55. The molecule has 1 aromatic rings. The molecule has 1 rings (SSSR count). The van der Waals surface area contributed by atoms with Crippen LogP contribution < -0.4 is 5.32 Å². The smallest absolute Gasteiger partial charge is 0.322 e. The first-order valence-electron chi connectivity index (χ1n) is 6.21. The molecule has 0 saturated carbocycles. The molecule has 0 fully saturated rings. The summed E-state index contributed by atoms with van der Waals surface area (Å²) in [6.07, 6.45) is 1.60. The largest absolute Gasteiger partial charge is 0.468 e. The molecule has 1 aromatic carbocycles. The molecule has 2 atom stereocenters. The van der Waals surface area contributed by atoms with Gasteiger partial charge < -0.3 is 4.74 Å². The Morgan fingerprint density at radius 1 is 1.28 bits per heavy atom. The number of rotatable bonds is 6. The number of ether oxygens (including phenoxy) is 1. The second kappa shape index (κ2) is 7.39. The molecule has 0 aliphatic carbocycles. The molecular weight excluding hydrogens is 250 g/mol. The first-order chi connectivity index (χ1) is 8.62. The third kappa shape index (κ3) is 4.00. The van der Waals surface area contributed by atoms with Crippen molar-refractivity contribution in [3.63, 3.8) is 0 Å². The molecule has 0 aliphatic rings. The maximum absolute atomic E-state index is 11.6. The molecule has 4 heteroatoms. The first-order valence-corrected chi connectivity index (χ1v) is 6.59. The van der Waals surface area contributed by atoms with Gasteiger partial charge in [-0.05, 0) is 30.5 Å². The van der Waals surface area contributed by atoms with Crippen molar-refractivity contribution < 1.29 is 9.53 Å². The number of hydrogen-bond donors (Lipinski definition) is 1. The van der Waals surface area contributed by atoms with Gasteiger partial charge in [-0.15, -0.1) is 0 Å². The minimum Gasteiger partial charge on any atom is -0.468 e. The van der Waals surface area contributed by atoms with Gasteiger partial charge in [-0.2, -0.15) is 0 Å². The van der Waals surface area contributed by atoms with Gasteiger partial charge in [0, 0.05) is 11.1 Å². The monoisotopic (exact) mass is 269 g/mol. The summed E-state index contributed by atoms with van der Waals surface area (Å²) in [5, 5.41) is 4.04. The van der Waals surface area contributed by atoms with Crippen LogP contribution in [0.2, 0.25) is 5.02 Å². The number of hydrogen-bond acceptors (Lipinski definition) is 3. The molecule has 0 bridgehead atoms. The van der Waals surface area contributed by atoms with Gasteiger partial charge in [-0.25, -0.2) is 0 Å². The van der Waals surface area contributed by atoms with Crippen molar-refractivity contribution in [2.24, 2.45) is 0 Å². The number of halogens is 1. The number of carbonyl (C=O) groups is 1. The van der Waals surface area contributed by atoms with E-state index in [1.54, 1.807) is 0 Å². The average Bonchev–Trinajstić information content (AvgIpc) is 2.41. The van der Waals surface area contributed by atoms with Gasteiger partial charge in [-0.1, -0.05) is 37.6 Å². The minimum atomic E-state index is -0.268. The number of esters is 1. The molecule has 0 saturated heterocycles. The van der Waals surface area contributed by atoms with Gasteiger partial charge in [0.2, 0.25) is 0 Å². The van der Waals surface area contributed by atoms with E-state index in [-0.39, 0.29) is 18.1 Å². The predicted molar refractivity (Wildman–Crippen MR) is 73.7 cm³/mol. The normalized spacial score (nSPS) is 14.0. The highest BCUT2D eigenvalue weighted by atomic mass is 35.5. The zero-order valence-corrected chi connectivity index (χ0v) is 11.8. The fraction of sp³-hybridized carbons (Fsp3) is 0.500. The van der Waals surface area contributed by atoms with E-state index in [9.17, 15) is 4.79 Å². The quantitative estimate of drug-likeness (QED) is 0.805. The number of benzene rings is 1. The minimum absolute atomic E-state index is 0.131. The maximum Gasteiger partial charge on any atom is 0.322 e. The summed E-state index contributed by atoms with van der Waals surface area (Å²) in [7, 11) is 1.41. The standard InChI is InChI=1S/C14H20ClNO2/c1-4-12(10-6-8-11(15)9-7-10)16-13(5-2)14(17)18-3/h6-9,12-13,16H,4-5H2,1-3H3. The molecule has 18 heavy (non-hydrogen) atoms. The van der Waals surface area contributed by atoms with Gasteiger partial charge in [0.1, 0.15) is 6.04 Å². The number of methoxy groups -OCH3 is 1. The Bertz CT molecular complexity index is 378. The van der Waals surface area contributed by atoms with Crippen molar-refractivity contribution in [2.75, 3.05) is 7.11 Å². The summed E-state index contributed by atoms with van der Waals surface area (Å²) in [4.78, 5) is 11.6. The van der Waals surface area contributed by atoms with Crippen molar-refractivity contribution >= 4 is 17.6 Å². The third-order valence-corrected chi connectivity index (χ3v) is 3.23. The molecule has 3 nitrogen and oxygen atoms in total. The van der Waals surface area contributed by atoms with Crippen LogP contribution in [0.3, 0.4) is 0 Å². The van der Waals surface area contributed by atoms with Crippen LogP contribution in [0.1, 0.15) is 38.3 Å². The van der Waals surface area contributed by atoms with E-state index in [4.69, 9.17) is 16.3 Å². The van der Waals surface area contributed by atoms with Crippen LogP contribution in [0, 0.1) is 0 Å². The zero-order chi connectivity index (χ0) is 13.5. The van der Waals surface area contributed by atoms with Crippen LogP contribution in [-0.2, 0) is 9.53 Å². The Morgan fingerprint density at radius 2 is 1.89 bits per heavy atom. The van der Waals surface area contributed by atoms with Crippen LogP contribution in [0.5, 0.6) is 0 Å². The SMILES string of the molecule is CCC(NC(CC)c1ccc(Cl)cc1)C(=O)OC. The highest BCUT2D eigenvalue weighted by molar-refractivity contribution is 6.30. The highest BCUT2D eigenvalue weighted by Gasteiger charge is 2.20. The topological polar surface area (TPSA) is 38.3 Å². The maximum atomic E-state index is 11.6. The zero-order valence-electron chi connectivity index (χ0n) is 11.1. The number of nitrogens with one attached hydrogen (secondary N) is 1. The van der Waals surface area contributed by atoms with Gasteiger partial charge in [0.15, 0.2) is 0 Å². The molecule has 0 heterocycles. The molecule has 100 valence electrons. The summed E-state index contributed by atoms with van der Waals surface area (Å²) < 4.78 is 4.78. The Balaban J connectivity index is 2.77. The number of carbonyl (C=O) groups excluding carboxylic acids is 1. The lowest BCUT2D eigenvalue weighted by Gasteiger charge is -2.23. The lowest BCUT2D eigenvalue weighted by Crippen LogP contribution is -2.39. The van der Waals surface area contributed by atoms with E-state index in [2.05, 4.69) is 12.2 Å². The summed E-state index contributed by atoms with van der Waals surface area (Å²) in [5.74, 6) is -0.218. The third-order valence-electron chi connectivity index (χ3n) is 2.98. The first kappa shape index (κ1) is 15.0. The Hall–Kier alpha value is -1.06. The molecule has 2 unspecified atom stereocenters. The second-order valence-electron chi connectivity index (χ2n) is 4.16. The fourth-order valence-corrected chi connectivity index (χ4v) is 2.01. The van der Waals surface area contributed by atoms with E-state index < -0.39 is 0 Å². The molecule has 0 aliphatic heterocycles. The summed E-state index contributed by atoms with van der Waals surface area (Å²) in [5.41, 5.74) is 1.13. The molecule has 0 amide bonds. The van der Waals surface area contributed by atoms with Crippen LogP contribution in [0.25, 0.3) is 0 Å². The van der Waals surface area contributed by atoms with E-state index in [1.807, 2.05) is 31.2 Å². The Labute approximate surface area is 113 Å². The average molecular weight is 270 g/mol. The van der Waals surface area contributed by atoms with Crippen molar-refractivity contribution in [3.8, 4) is 0 Å². The molecule has 0 aromatic heterocycles. The van der Waals surface area contributed by atoms with Crippen molar-refractivity contribution in [3.05, 3.63) is 34.9 Å². The molecule has 0 radical (unpaired) electrons. The van der Waals surface area contributed by atoms with Gasteiger partial charge in [0.05, 0.1) is 7.11 Å². The van der Waals surface area contributed by atoms with E-state index in [1.165, 1.54) is 7.11 Å².